The van der Waals surface area contributed by atoms with Crippen molar-refractivity contribution in [1.29, 1.82) is 0 Å². The number of aromatic nitrogens is 2. The van der Waals surface area contributed by atoms with Crippen molar-refractivity contribution in [2.75, 3.05) is 0 Å². The van der Waals surface area contributed by atoms with Crippen LogP contribution in [0.15, 0.2) is 28.9 Å². The normalized spacial score (nSPS) is 11.5. The quantitative estimate of drug-likeness (QED) is 0.715. The van der Waals surface area contributed by atoms with Gasteiger partial charge >= 0.3 is 0 Å². The van der Waals surface area contributed by atoms with E-state index in [-0.39, 0.29) is 5.41 Å². The molecule has 0 atom stereocenters. The first-order chi connectivity index (χ1) is 9.79. The zero-order valence-electron chi connectivity index (χ0n) is 13.2. The molecule has 2 aromatic rings. The van der Waals surface area contributed by atoms with Crippen LogP contribution in [0.3, 0.4) is 0 Å². The Labute approximate surface area is 134 Å². The standard InChI is InChI=1S/C17H21BrN2O/c1-6-15-19-14(18)10-16(20-15)21-13-8-7-11(2)9-12(13)17(3,4)5/h7-10H,6H2,1-5H3. The van der Waals surface area contributed by atoms with E-state index in [1.54, 1.807) is 6.07 Å². The minimum atomic E-state index is 0.0131. The van der Waals surface area contributed by atoms with E-state index < -0.39 is 0 Å². The average Bonchev–Trinajstić information content (AvgIpc) is 2.39. The van der Waals surface area contributed by atoms with Crippen molar-refractivity contribution in [3.63, 3.8) is 0 Å². The first kappa shape index (κ1) is 16.0. The fourth-order valence-corrected chi connectivity index (χ4v) is 2.48. The predicted molar refractivity (Wildman–Crippen MR) is 89.1 cm³/mol. The van der Waals surface area contributed by atoms with Gasteiger partial charge < -0.3 is 4.74 Å². The lowest BCUT2D eigenvalue weighted by Crippen LogP contribution is -2.13. The van der Waals surface area contributed by atoms with E-state index in [2.05, 4.69) is 65.7 Å². The molecule has 0 spiro atoms. The minimum Gasteiger partial charge on any atom is -0.439 e. The maximum absolute atomic E-state index is 6.03. The van der Waals surface area contributed by atoms with Gasteiger partial charge in [0.05, 0.1) is 0 Å². The second-order valence-electron chi connectivity index (χ2n) is 6.15. The predicted octanol–water partition coefficient (Wildman–Crippen LogP) is 5.20. The molecule has 1 aromatic heterocycles. The van der Waals surface area contributed by atoms with Gasteiger partial charge in [-0.05, 0) is 34.3 Å². The molecule has 0 aliphatic rings. The fraction of sp³-hybridized carbons (Fsp3) is 0.412. The van der Waals surface area contributed by atoms with Gasteiger partial charge in [0.25, 0.3) is 0 Å². The lowest BCUT2D eigenvalue weighted by atomic mass is 9.85. The molecule has 0 unspecified atom stereocenters. The second kappa shape index (κ2) is 6.14. The van der Waals surface area contributed by atoms with Crippen molar-refractivity contribution in [3.8, 4) is 11.6 Å². The van der Waals surface area contributed by atoms with E-state index in [0.29, 0.717) is 5.88 Å². The molecule has 1 aromatic carbocycles. The number of rotatable bonds is 3. The Kier molecular flexibility index (Phi) is 4.67. The van der Waals surface area contributed by atoms with E-state index in [4.69, 9.17) is 4.74 Å². The van der Waals surface area contributed by atoms with Crippen LogP contribution >= 0.6 is 15.9 Å². The monoisotopic (exact) mass is 348 g/mol. The van der Waals surface area contributed by atoms with Gasteiger partial charge in [0.15, 0.2) is 0 Å². The van der Waals surface area contributed by atoms with E-state index in [1.807, 2.05) is 13.0 Å². The lowest BCUT2D eigenvalue weighted by Gasteiger charge is -2.23. The van der Waals surface area contributed by atoms with Crippen molar-refractivity contribution >= 4 is 15.9 Å². The highest BCUT2D eigenvalue weighted by Gasteiger charge is 2.20. The van der Waals surface area contributed by atoms with Crippen LogP contribution in [0.4, 0.5) is 0 Å². The van der Waals surface area contributed by atoms with E-state index in [0.717, 1.165) is 22.6 Å². The molecule has 2 rings (SSSR count). The maximum Gasteiger partial charge on any atom is 0.223 e. The third-order valence-electron chi connectivity index (χ3n) is 3.19. The largest absolute Gasteiger partial charge is 0.439 e. The van der Waals surface area contributed by atoms with Crippen LogP contribution in [0.1, 0.15) is 44.6 Å². The molecular formula is C17H21BrN2O. The molecule has 0 radical (unpaired) electrons. The SMILES string of the molecule is CCc1nc(Br)cc(Oc2ccc(C)cc2C(C)(C)C)n1. The second-order valence-corrected chi connectivity index (χ2v) is 6.96. The summed E-state index contributed by atoms with van der Waals surface area (Å²) in [6.45, 7) is 10.7. The molecule has 0 saturated carbocycles. The van der Waals surface area contributed by atoms with Crippen LogP contribution in [-0.2, 0) is 11.8 Å². The number of benzene rings is 1. The van der Waals surface area contributed by atoms with Crippen LogP contribution < -0.4 is 4.74 Å². The molecule has 0 saturated heterocycles. The Morgan fingerprint density at radius 2 is 1.86 bits per heavy atom. The van der Waals surface area contributed by atoms with Gasteiger partial charge in [-0.3, -0.25) is 0 Å². The molecule has 0 amide bonds. The minimum absolute atomic E-state index is 0.0131. The molecule has 0 bridgehead atoms. The average molecular weight is 349 g/mol. The number of hydrogen-bond donors (Lipinski definition) is 0. The first-order valence-corrected chi connectivity index (χ1v) is 7.91. The molecule has 21 heavy (non-hydrogen) atoms. The van der Waals surface area contributed by atoms with Gasteiger partial charge in [-0.25, -0.2) is 4.98 Å². The molecule has 0 aliphatic heterocycles. The van der Waals surface area contributed by atoms with Crippen LogP contribution in [0, 0.1) is 6.92 Å². The van der Waals surface area contributed by atoms with Gasteiger partial charge in [-0.2, -0.15) is 4.98 Å². The maximum atomic E-state index is 6.03. The molecule has 0 aliphatic carbocycles. The summed E-state index contributed by atoms with van der Waals surface area (Å²) in [6.07, 6.45) is 0.774. The molecule has 3 nitrogen and oxygen atoms in total. The molecular weight excluding hydrogens is 328 g/mol. The summed E-state index contributed by atoms with van der Waals surface area (Å²) in [6, 6.07) is 8.04. The van der Waals surface area contributed by atoms with Gasteiger partial charge in [0.2, 0.25) is 5.88 Å². The van der Waals surface area contributed by atoms with Gasteiger partial charge in [-0.15, -0.1) is 0 Å². The third-order valence-corrected chi connectivity index (χ3v) is 3.60. The zero-order valence-corrected chi connectivity index (χ0v) is 14.8. The Morgan fingerprint density at radius 1 is 1.14 bits per heavy atom. The Hall–Kier alpha value is -1.42. The third kappa shape index (κ3) is 4.03. The van der Waals surface area contributed by atoms with E-state index in [9.17, 15) is 0 Å². The summed E-state index contributed by atoms with van der Waals surface area (Å²) in [5.74, 6) is 2.19. The summed E-state index contributed by atoms with van der Waals surface area (Å²) in [7, 11) is 0. The molecule has 0 N–H and O–H groups in total. The van der Waals surface area contributed by atoms with E-state index in [1.165, 1.54) is 11.1 Å². The molecule has 112 valence electrons. The molecule has 0 fully saturated rings. The zero-order chi connectivity index (χ0) is 15.6. The van der Waals surface area contributed by atoms with Crippen molar-refractivity contribution in [1.82, 2.24) is 9.97 Å². The molecule has 4 heteroatoms. The summed E-state index contributed by atoms with van der Waals surface area (Å²) < 4.78 is 6.78. The summed E-state index contributed by atoms with van der Waals surface area (Å²) in [5, 5.41) is 0. The van der Waals surface area contributed by atoms with Crippen molar-refractivity contribution in [2.24, 2.45) is 0 Å². The van der Waals surface area contributed by atoms with Crippen LogP contribution in [-0.4, -0.2) is 9.97 Å². The Morgan fingerprint density at radius 3 is 2.48 bits per heavy atom. The van der Waals surface area contributed by atoms with Gasteiger partial charge in [0.1, 0.15) is 16.2 Å². The smallest absolute Gasteiger partial charge is 0.223 e. The van der Waals surface area contributed by atoms with Gasteiger partial charge in [-0.1, -0.05) is 45.4 Å². The summed E-state index contributed by atoms with van der Waals surface area (Å²) in [5.41, 5.74) is 2.42. The summed E-state index contributed by atoms with van der Waals surface area (Å²) in [4.78, 5) is 8.73. The highest BCUT2D eigenvalue weighted by Crippen LogP contribution is 2.34. The summed E-state index contributed by atoms with van der Waals surface area (Å²) >= 11 is 3.41. The number of hydrogen-bond acceptors (Lipinski definition) is 3. The van der Waals surface area contributed by atoms with Crippen molar-refractivity contribution < 1.29 is 4.74 Å². The number of aryl methyl sites for hydroxylation is 2. The first-order valence-electron chi connectivity index (χ1n) is 7.12. The van der Waals surface area contributed by atoms with Gasteiger partial charge in [0, 0.05) is 18.1 Å². The topological polar surface area (TPSA) is 35.0 Å². The highest BCUT2D eigenvalue weighted by molar-refractivity contribution is 9.10. The number of ether oxygens (including phenoxy) is 1. The van der Waals surface area contributed by atoms with Crippen molar-refractivity contribution in [3.05, 3.63) is 45.8 Å². The van der Waals surface area contributed by atoms with Crippen molar-refractivity contribution in [2.45, 2.75) is 46.5 Å². The Balaban J connectivity index is 2.42. The molecule has 1 heterocycles. The Bertz CT molecular complexity index is 648. The van der Waals surface area contributed by atoms with E-state index >= 15 is 0 Å². The lowest BCUT2D eigenvalue weighted by molar-refractivity contribution is 0.436. The van der Waals surface area contributed by atoms with Crippen LogP contribution in [0.2, 0.25) is 0 Å². The number of nitrogens with zero attached hydrogens (tertiary/aromatic N) is 2. The van der Waals surface area contributed by atoms with Crippen LogP contribution in [0.25, 0.3) is 0 Å². The highest BCUT2D eigenvalue weighted by atomic mass is 79.9. The number of halogens is 1. The fourth-order valence-electron chi connectivity index (χ4n) is 2.08. The van der Waals surface area contributed by atoms with Crippen LogP contribution in [0.5, 0.6) is 11.6 Å².